The van der Waals surface area contributed by atoms with Crippen LogP contribution in [0.3, 0.4) is 0 Å². The van der Waals surface area contributed by atoms with Gasteiger partial charge in [0.2, 0.25) is 0 Å². The molecule has 7 aromatic carbocycles. The van der Waals surface area contributed by atoms with Crippen molar-refractivity contribution in [2.24, 2.45) is 0 Å². The summed E-state index contributed by atoms with van der Waals surface area (Å²) in [6.07, 6.45) is 1.65. The predicted octanol–water partition coefficient (Wildman–Crippen LogP) is 14.7. The van der Waals surface area contributed by atoms with Gasteiger partial charge in [0.05, 0.1) is 19.2 Å². The van der Waals surface area contributed by atoms with Crippen LogP contribution < -0.4 is 9.80 Å². The molecule has 9 aromatic rings. The van der Waals surface area contributed by atoms with Crippen molar-refractivity contribution in [2.45, 2.75) is 58.8 Å². The number of hydrogen-bond acceptors (Lipinski definition) is 3. The van der Waals surface area contributed by atoms with Crippen molar-refractivity contribution in [1.82, 2.24) is 9.55 Å². The number of hydrogen-bond donors (Lipinski definition) is 0. The summed E-state index contributed by atoms with van der Waals surface area (Å²) in [4.78, 5) is 8.24. The van der Waals surface area contributed by atoms with E-state index in [0.717, 1.165) is 11.1 Å². The molecule has 0 fully saturated rings. The van der Waals surface area contributed by atoms with E-state index in [1.54, 1.807) is 52.7 Å². The smallest absolute Gasteiger partial charge is 0.135 e. The van der Waals surface area contributed by atoms with Gasteiger partial charge in [0.15, 0.2) is 0 Å². The van der Waals surface area contributed by atoms with Gasteiger partial charge < -0.3 is 14.4 Å². The van der Waals surface area contributed by atoms with Gasteiger partial charge in [-0.15, -0.1) is 23.8 Å². The van der Waals surface area contributed by atoms with Crippen LogP contribution in [0.4, 0.5) is 22.7 Å². The Hall–Kier alpha value is -6.22. The van der Waals surface area contributed by atoms with Crippen molar-refractivity contribution < 1.29 is 43.0 Å². The molecule has 2 aromatic heterocycles. The summed E-state index contributed by atoms with van der Waals surface area (Å²) in [5, 5.41) is 0.210. The molecule has 0 atom stereocenters. The molecule has 0 radical (unpaired) electrons. The molecule has 5 heteroatoms. The van der Waals surface area contributed by atoms with Gasteiger partial charge >= 0.3 is 0 Å². The van der Waals surface area contributed by atoms with E-state index < -0.39 is 77.9 Å². The third kappa shape index (κ3) is 7.56. The van der Waals surface area contributed by atoms with Gasteiger partial charge in [-0.2, -0.15) is 47.0 Å². The van der Waals surface area contributed by atoms with Gasteiger partial charge in [-0.25, -0.2) is 4.98 Å². The fourth-order valence-electron chi connectivity index (χ4n) is 7.79. The van der Waals surface area contributed by atoms with Crippen LogP contribution in [0, 0.1) is 18.8 Å². The van der Waals surface area contributed by atoms with Crippen molar-refractivity contribution in [3.05, 3.63) is 211 Å². The number of pyridine rings is 1. The molecule has 1 aliphatic heterocycles. The molecule has 0 unspecified atom stereocenters. The monoisotopic (exact) mass is 1000 g/mol. The minimum absolute atomic E-state index is 0. The molecule has 310 valence electrons. The molecular weight excluding hydrogens is 936 g/mol. The standard InChI is InChI=1S/C57H49N4.Pt/c1-56(2,3)43-30-31-58-54(37-43)61-50-25-14-13-22-48(50)49-29-28-39(35-53(49)61)32-40-33-44(57(4,5)6)36-45(34-40)59-38-60(52-27-16-15-26-51(52)59)55-46(41-18-9-7-10-19-41)23-17-24-47(55)42-20-11-8-12-21-42;/h7-31,33,36-38H,32H2,1-6H3;/q-3;/i7D,8D,9D,10D,11D,12D,13D,14D,18D,19D,20D,21D,22D,25D,28D,29D;. The molecule has 0 amide bonds. The number of fused-ring (bicyclic) bond motifs is 4. The molecule has 0 saturated carbocycles. The number of nitrogens with zero attached hydrogens (tertiary/aromatic N) is 4. The van der Waals surface area contributed by atoms with E-state index in [1.165, 1.54) is 0 Å². The first-order chi connectivity index (χ1) is 36.1. The summed E-state index contributed by atoms with van der Waals surface area (Å²) in [6.45, 7) is 14.0. The SMILES string of the molecule is [2H]c1c([2H])c([2H])c(-c2cccc(-c3c([2H])c([2H])c([2H])c([2H])c3[2H])c2N2[CH-]N(c3[c-]c(Cc4[c-]c5c(c([2H])c4[2H])c4c([2H])c([2H])c([2H])c([2H])c4n5-c4cc(C(C)(C)C)ccn4)cc(C(C)(C)C)c3)c3ccccc32)c([2H])c1[2H].[Pt]. The summed E-state index contributed by atoms with van der Waals surface area (Å²) in [5.41, 5.74) is 3.87. The predicted molar refractivity (Wildman–Crippen MR) is 255 cm³/mol. The Kier molecular flexibility index (Phi) is 6.89. The largest absolute Gasteiger partial charge is 0.493 e. The van der Waals surface area contributed by atoms with Crippen molar-refractivity contribution >= 4 is 44.6 Å². The van der Waals surface area contributed by atoms with E-state index in [2.05, 4.69) is 17.1 Å². The Labute approximate surface area is 403 Å². The molecule has 10 rings (SSSR count). The Balaban J connectivity index is 0.00000740. The molecule has 3 heterocycles. The Morgan fingerprint density at radius 1 is 0.597 bits per heavy atom. The van der Waals surface area contributed by atoms with Crippen molar-refractivity contribution in [2.75, 3.05) is 9.80 Å². The molecule has 4 nitrogen and oxygen atoms in total. The Morgan fingerprint density at radius 3 is 1.89 bits per heavy atom. The molecule has 0 aliphatic carbocycles. The third-order valence-corrected chi connectivity index (χ3v) is 10.9. The molecule has 0 bridgehead atoms. The minimum Gasteiger partial charge on any atom is -0.493 e. The second-order valence-electron chi connectivity index (χ2n) is 17.0. The quantitative estimate of drug-likeness (QED) is 0.149. The van der Waals surface area contributed by atoms with E-state index in [9.17, 15) is 2.74 Å². The van der Waals surface area contributed by atoms with Crippen LogP contribution in [0.15, 0.2) is 170 Å². The minimum atomic E-state index is -0.602. The first-order valence-electron chi connectivity index (χ1n) is 27.9. The fourth-order valence-corrected chi connectivity index (χ4v) is 7.79. The zero-order valence-electron chi connectivity index (χ0n) is 50.8. The zero-order chi connectivity index (χ0) is 55.8. The van der Waals surface area contributed by atoms with Gasteiger partial charge in [0, 0.05) is 62.3 Å². The first-order valence-corrected chi connectivity index (χ1v) is 19.9. The summed E-state index contributed by atoms with van der Waals surface area (Å²) in [6, 6.07) is 18.9. The molecule has 1 aliphatic rings. The number of para-hydroxylation sites is 4. The summed E-state index contributed by atoms with van der Waals surface area (Å²) >= 11 is 0. The van der Waals surface area contributed by atoms with E-state index in [0.29, 0.717) is 28.4 Å². The van der Waals surface area contributed by atoms with Gasteiger partial charge in [-0.1, -0.05) is 156 Å². The first kappa shape index (κ1) is 26.3. The Morgan fingerprint density at radius 2 is 1.23 bits per heavy atom. The van der Waals surface area contributed by atoms with Gasteiger partial charge in [-0.05, 0) is 71.0 Å². The molecule has 0 N–H and O–H groups in total. The fraction of sp³-hybridized carbons (Fsp3) is 0.158. The van der Waals surface area contributed by atoms with Crippen LogP contribution in [-0.2, 0) is 38.3 Å². The molecule has 0 spiro atoms. The van der Waals surface area contributed by atoms with Crippen LogP contribution >= 0.6 is 0 Å². The number of rotatable bonds is 7. The van der Waals surface area contributed by atoms with E-state index >= 15 is 0 Å². The van der Waals surface area contributed by atoms with Crippen LogP contribution in [0.25, 0.3) is 49.9 Å². The van der Waals surface area contributed by atoms with Crippen LogP contribution in [0.1, 0.15) is 85.7 Å². The van der Waals surface area contributed by atoms with Gasteiger partial charge in [0.1, 0.15) is 5.82 Å². The maximum Gasteiger partial charge on any atom is 0.135 e. The van der Waals surface area contributed by atoms with Crippen molar-refractivity contribution in [1.29, 1.82) is 0 Å². The average Bonchev–Trinajstić information content (AvgIpc) is 4.17. The topological polar surface area (TPSA) is 24.3 Å². The van der Waals surface area contributed by atoms with Crippen LogP contribution in [0.2, 0.25) is 0 Å². The maximum atomic E-state index is 9.54. The summed E-state index contributed by atoms with van der Waals surface area (Å²) in [5.74, 6) is 0.348. The molecule has 62 heavy (non-hydrogen) atoms. The second kappa shape index (κ2) is 16.2. The van der Waals surface area contributed by atoms with E-state index in [1.807, 2.05) is 82.8 Å². The second-order valence-corrected chi connectivity index (χ2v) is 17.0. The van der Waals surface area contributed by atoms with Gasteiger partial charge in [0.25, 0.3) is 0 Å². The number of anilines is 4. The van der Waals surface area contributed by atoms with E-state index in [4.69, 9.17) is 19.2 Å². The normalized spacial score (nSPS) is 16.4. The molecule has 0 saturated heterocycles. The zero-order valence-corrected chi connectivity index (χ0v) is 37.1. The summed E-state index contributed by atoms with van der Waals surface area (Å²) in [7, 11) is 0. The van der Waals surface area contributed by atoms with E-state index in [-0.39, 0.29) is 112 Å². The number of aromatic nitrogens is 2. The summed E-state index contributed by atoms with van der Waals surface area (Å²) < 4.78 is 144. The van der Waals surface area contributed by atoms with Crippen molar-refractivity contribution in [3.63, 3.8) is 0 Å². The Bertz CT molecular complexity index is 3870. The maximum absolute atomic E-state index is 9.54. The van der Waals surface area contributed by atoms with Gasteiger partial charge in [-0.3, -0.25) is 0 Å². The number of benzene rings is 7. The van der Waals surface area contributed by atoms with Crippen molar-refractivity contribution in [3.8, 4) is 28.1 Å². The molecular formula is C57H49N4Pt-3. The van der Waals surface area contributed by atoms with Crippen LogP contribution in [0.5, 0.6) is 0 Å². The van der Waals surface area contributed by atoms with Crippen LogP contribution in [-0.4, -0.2) is 9.55 Å². The average molecular weight is 1000 g/mol. The third-order valence-electron chi connectivity index (χ3n) is 10.9.